The van der Waals surface area contributed by atoms with Crippen LogP contribution >= 0.6 is 11.6 Å². The zero-order valence-corrected chi connectivity index (χ0v) is 6.63. The Hall–Kier alpha value is -1.60. The van der Waals surface area contributed by atoms with E-state index in [4.69, 9.17) is 16.9 Å². The number of hydrogen-bond acceptors (Lipinski definition) is 3. The highest BCUT2D eigenvalue weighted by atomic mass is 35.5. The average Bonchev–Trinajstić information content (AvgIpc) is 2.50. The van der Waals surface area contributed by atoms with E-state index in [2.05, 4.69) is 15.2 Å². The standard InChI is InChI=1S/C7H3ClN4/c8-6-1-4(2-9)5-3-10-12-7(5)11-6/h1,3H,(H,10,11,12). The molecule has 0 fully saturated rings. The number of halogens is 1. The van der Waals surface area contributed by atoms with Gasteiger partial charge in [-0.3, -0.25) is 5.10 Å². The lowest BCUT2D eigenvalue weighted by Crippen LogP contribution is -1.82. The molecule has 5 heteroatoms. The third-order valence-corrected chi connectivity index (χ3v) is 1.71. The number of nitrogens with one attached hydrogen (secondary N) is 1. The summed E-state index contributed by atoms with van der Waals surface area (Å²) in [7, 11) is 0. The van der Waals surface area contributed by atoms with Gasteiger partial charge in [0.15, 0.2) is 5.65 Å². The molecule has 0 bridgehead atoms. The maximum atomic E-state index is 8.70. The fourth-order valence-electron chi connectivity index (χ4n) is 0.990. The molecule has 12 heavy (non-hydrogen) atoms. The van der Waals surface area contributed by atoms with Gasteiger partial charge >= 0.3 is 0 Å². The van der Waals surface area contributed by atoms with Crippen LogP contribution in [0.4, 0.5) is 0 Å². The van der Waals surface area contributed by atoms with Gasteiger partial charge in [0.2, 0.25) is 0 Å². The molecule has 0 aliphatic heterocycles. The summed E-state index contributed by atoms with van der Waals surface area (Å²) in [5, 5.41) is 16.1. The van der Waals surface area contributed by atoms with Crippen molar-refractivity contribution in [2.75, 3.05) is 0 Å². The minimum Gasteiger partial charge on any atom is -0.261 e. The molecule has 2 aromatic rings. The van der Waals surface area contributed by atoms with Crippen molar-refractivity contribution in [2.45, 2.75) is 0 Å². The van der Waals surface area contributed by atoms with E-state index in [1.807, 2.05) is 6.07 Å². The molecule has 0 spiro atoms. The zero-order valence-electron chi connectivity index (χ0n) is 5.87. The van der Waals surface area contributed by atoms with Crippen LogP contribution in [0.25, 0.3) is 11.0 Å². The Morgan fingerprint density at radius 1 is 1.58 bits per heavy atom. The predicted molar refractivity (Wildman–Crippen MR) is 43.6 cm³/mol. The highest BCUT2D eigenvalue weighted by Gasteiger charge is 2.04. The summed E-state index contributed by atoms with van der Waals surface area (Å²) in [5.41, 5.74) is 1.03. The molecule has 0 saturated heterocycles. The number of aromatic amines is 1. The van der Waals surface area contributed by atoms with Crippen LogP contribution in [0.1, 0.15) is 5.56 Å². The van der Waals surface area contributed by atoms with Crippen LogP contribution in [0, 0.1) is 11.3 Å². The van der Waals surface area contributed by atoms with Gasteiger partial charge in [-0.05, 0) is 6.07 Å². The molecular weight excluding hydrogens is 176 g/mol. The van der Waals surface area contributed by atoms with Crippen molar-refractivity contribution in [2.24, 2.45) is 0 Å². The molecule has 2 rings (SSSR count). The van der Waals surface area contributed by atoms with E-state index in [1.54, 1.807) is 6.20 Å². The SMILES string of the molecule is N#Cc1cc(Cl)nc2[nH]ncc12. The van der Waals surface area contributed by atoms with Crippen LogP contribution in [0.15, 0.2) is 12.3 Å². The Morgan fingerprint density at radius 2 is 2.42 bits per heavy atom. The molecule has 2 heterocycles. The number of aromatic nitrogens is 3. The van der Waals surface area contributed by atoms with Crippen molar-refractivity contribution in [1.29, 1.82) is 5.26 Å². The summed E-state index contributed by atoms with van der Waals surface area (Å²) in [6.45, 7) is 0. The minimum atomic E-state index is 0.295. The Balaban J connectivity index is 2.91. The Morgan fingerprint density at radius 3 is 3.17 bits per heavy atom. The van der Waals surface area contributed by atoms with E-state index in [9.17, 15) is 0 Å². The Kier molecular flexibility index (Phi) is 1.45. The van der Waals surface area contributed by atoms with E-state index in [0.29, 0.717) is 21.7 Å². The largest absolute Gasteiger partial charge is 0.261 e. The van der Waals surface area contributed by atoms with Gasteiger partial charge in [-0.25, -0.2) is 4.98 Å². The lowest BCUT2D eigenvalue weighted by atomic mass is 10.2. The molecule has 4 nitrogen and oxygen atoms in total. The number of nitriles is 1. The highest BCUT2D eigenvalue weighted by molar-refractivity contribution is 6.29. The van der Waals surface area contributed by atoms with E-state index < -0.39 is 0 Å². The smallest absolute Gasteiger partial charge is 0.158 e. The lowest BCUT2D eigenvalue weighted by Gasteiger charge is -1.91. The maximum absolute atomic E-state index is 8.70. The van der Waals surface area contributed by atoms with Crippen molar-refractivity contribution in [3.63, 3.8) is 0 Å². The first-order valence-corrected chi connectivity index (χ1v) is 3.59. The predicted octanol–water partition coefficient (Wildman–Crippen LogP) is 1.48. The lowest BCUT2D eigenvalue weighted by molar-refractivity contribution is 1.10. The number of nitrogens with zero attached hydrogens (tertiary/aromatic N) is 3. The van der Waals surface area contributed by atoms with E-state index in [0.717, 1.165) is 0 Å². The minimum absolute atomic E-state index is 0.295. The molecule has 58 valence electrons. The van der Waals surface area contributed by atoms with Gasteiger partial charge in [-0.2, -0.15) is 10.4 Å². The Bertz CT molecular complexity index is 468. The van der Waals surface area contributed by atoms with Crippen LogP contribution in [0.2, 0.25) is 5.15 Å². The molecule has 0 saturated carbocycles. The van der Waals surface area contributed by atoms with E-state index in [-0.39, 0.29) is 0 Å². The van der Waals surface area contributed by atoms with Gasteiger partial charge < -0.3 is 0 Å². The van der Waals surface area contributed by atoms with Crippen molar-refractivity contribution >= 4 is 22.6 Å². The third kappa shape index (κ3) is 0.917. The summed E-state index contributed by atoms with van der Waals surface area (Å²) in [6, 6.07) is 3.53. The van der Waals surface area contributed by atoms with E-state index >= 15 is 0 Å². The van der Waals surface area contributed by atoms with Gasteiger partial charge in [-0.1, -0.05) is 11.6 Å². The van der Waals surface area contributed by atoms with Crippen LogP contribution in [-0.4, -0.2) is 15.2 Å². The number of pyridine rings is 1. The normalized spacial score (nSPS) is 10.0. The van der Waals surface area contributed by atoms with Crippen LogP contribution in [0.5, 0.6) is 0 Å². The van der Waals surface area contributed by atoms with Gasteiger partial charge in [-0.15, -0.1) is 0 Å². The first-order valence-electron chi connectivity index (χ1n) is 3.21. The second-order valence-electron chi connectivity index (χ2n) is 2.24. The third-order valence-electron chi connectivity index (χ3n) is 1.51. The molecule has 0 aliphatic carbocycles. The first-order chi connectivity index (χ1) is 5.81. The molecule has 0 radical (unpaired) electrons. The number of hydrogen-bond donors (Lipinski definition) is 1. The Labute approximate surface area is 72.8 Å². The van der Waals surface area contributed by atoms with Gasteiger partial charge in [0.1, 0.15) is 11.2 Å². The topological polar surface area (TPSA) is 65.4 Å². The fourth-order valence-corrected chi connectivity index (χ4v) is 1.18. The van der Waals surface area contributed by atoms with Crippen molar-refractivity contribution in [3.05, 3.63) is 23.0 Å². The molecule has 0 aromatic carbocycles. The fraction of sp³-hybridized carbons (Fsp3) is 0. The molecule has 0 aliphatic rings. The summed E-state index contributed by atoms with van der Waals surface area (Å²) in [5.74, 6) is 0. The summed E-state index contributed by atoms with van der Waals surface area (Å²) < 4.78 is 0. The summed E-state index contributed by atoms with van der Waals surface area (Å²) in [4.78, 5) is 3.94. The number of H-pyrrole nitrogens is 1. The maximum Gasteiger partial charge on any atom is 0.158 e. The van der Waals surface area contributed by atoms with Crippen molar-refractivity contribution < 1.29 is 0 Å². The monoisotopic (exact) mass is 178 g/mol. The van der Waals surface area contributed by atoms with Crippen LogP contribution in [0.3, 0.4) is 0 Å². The molecule has 0 amide bonds. The van der Waals surface area contributed by atoms with Gasteiger partial charge in [0.05, 0.1) is 17.1 Å². The molecule has 1 N–H and O–H groups in total. The highest BCUT2D eigenvalue weighted by Crippen LogP contribution is 2.17. The van der Waals surface area contributed by atoms with Gasteiger partial charge in [0.25, 0.3) is 0 Å². The van der Waals surface area contributed by atoms with Crippen molar-refractivity contribution in [1.82, 2.24) is 15.2 Å². The quantitative estimate of drug-likeness (QED) is 0.622. The molecule has 0 atom stereocenters. The van der Waals surface area contributed by atoms with Crippen molar-refractivity contribution in [3.8, 4) is 6.07 Å². The molecule has 2 aromatic heterocycles. The summed E-state index contributed by atoms with van der Waals surface area (Å²) in [6.07, 6.45) is 1.55. The zero-order chi connectivity index (χ0) is 8.55. The van der Waals surface area contributed by atoms with Gasteiger partial charge in [0, 0.05) is 0 Å². The number of rotatable bonds is 0. The summed E-state index contributed by atoms with van der Waals surface area (Å²) >= 11 is 5.65. The second-order valence-corrected chi connectivity index (χ2v) is 2.62. The van der Waals surface area contributed by atoms with Crippen LogP contribution < -0.4 is 0 Å². The molecule has 0 unspecified atom stereocenters. The number of fused-ring (bicyclic) bond motifs is 1. The van der Waals surface area contributed by atoms with E-state index in [1.165, 1.54) is 6.07 Å². The molecular formula is C7H3ClN4. The average molecular weight is 179 g/mol. The second kappa shape index (κ2) is 2.47. The first kappa shape index (κ1) is 7.07. The van der Waals surface area contributed by atoms with Crippen LogP contribution in [-0.2, 0) is 0 Å².